The molecule has 5 nitrogen and oxygen atoms in total. The molecule has 0 saturated carbocycles. The van der Waals surface area contributed by atoms with E-state index >= 15 is 0 Å². The van der Waals surface area contributed by atoms with Crippen molar-refractivity contribution in [2.24, 2.45) is 0 Å². The molecular formula is C14H17FN2O3. The van der Waals surface area contributed by atoms with Crippen LogP contribution in [0.15, 0.2) is 24.3 Å². The molecule has 1 fully saturated rings. The molecule has 1 aromatic rings. The van der Waals surface area contributed by atoms with Crippen LogP contribution in [0.1, 0.15) is 18.4 Å². The second-order valence-electron chi connectivity index (χ2n) is 4.62. The normalized spacial score (nSPS) is 14.2. The molecule has 20 heavy (non-hydrogen) atoms. The maximum absolute atomic E-state index is 13.3. The number of alkyl carbamates (subject to hydrolysis) is 1. The lowest BCUT2D eigenvalue weighted by molar-refractivity contribution is 0.124. The zero-order chi connectivity index (χ0) is 14.4. The van der Waals surface area contributed by atoms with Crippen LogP contribution in [0.2, 0.25) is 0 Å². The van der Waals surface area contributed by atoms with Crippen molar-refractivity contribution in [3.05, 3.63) is 35.6 Å². The molecule has 0 aromatic heterocycles. The van der Waals surface area contributed by atoms with Crippen molar-refractivity contribution in [2.45, 2.75) is 19.3 Å². The maximum atomic E-state index is 13.3. The van der Waals surface area contributed by atoms with E-state index in [-0.39, 0.29) is 12.4 Å². The first kappa shape index (κ1) is 14.3. The van der Waals surface area contributed by atoms with Crippen LogP contribution in [0.3, 0.4) is 0 Å². The third-order valence-electron chi connectivity index (χ3n) is 3.17. The summed E-state index contributed by atoms with van der Waals surface area (Å²) in [6.45, 7) is 1.47. The van der Waals surface area contributed by atoms with E-state index in [4.69, 9.17) is 0 Å². The summed E-state index contributed by atoms with van der Waals surface area (Å²) in [6.07, 6.45) is 0.803. The van der Waals surface area contributed by atoms with Crippen molar-refractivity contribution in [3.63, 3.8) is 0 Å². The average molecular weight is 280 g/mol. The Hall–Kier alpha value is -2.11. The number of ether oxygens (including phenoxy) is 1. The summed E-state index contributed by atoms with van der Waals surface area (Å²) in [6, 6.07) is 6.35. The van der Waals surface area contributed by atoms with Gasteiger partial charge in [0, 0.05) is 19.6 Å². The molecule has 0 bridgehead atoms. The van der Waals surface area contributed by atoms with Crippen LogP contribution in [0.4, 0.5) is 14.0 Å². The number of hydrogen-bond acceptors (Lipinski definition) is 3. The van der Waals surface area contributed by atoms with E-state index in [1.807, 2.05) is 0 Å². The van der Waals surface area contributed by atoms with Crippen molar-refractivity contribution in [3.8, 4) is 0 Å². The van der Waals surface area contributed by atoms with Gasteiger partial charge in [-0.05, 0) is 30.9 Å². The van der Waals surface area contributed by atoms with Crippen LogP contribution in [-0.4, -0.2) is 36.7 Å². The molecule has 6 heteroatoms. The Balaban J connectivity index is 1.70. The maximum Gasteiger partial charge on any atom is 0.418 e. The fourth-order valence-corrected chi connectivity index (χ4v) is 2.08. The molecule has 1 aliphatic rings. The van der Waals surface area contributed by atoms with E-state index < -0.39 is 12.2 Å². The van der Waals surface area contributed by atoms with Crippen LogP contribution in [0.25, 0.3) is 0 Å². The number of carbonyl (C=O) groups excluding carboxylic acids is 2. The van der Waals surface area contributed by atoms with Crippen LogP contribution in [0, 0.1) is 5.82 Å². The molecule has 1 N–H and O–H groups in total. The van der Waals surface area contributed by atoms with E-state index in [1.54, 1.807) is 18.2 Å². The van der Waals surface area contributed by atoms with Gasteiger partial charge in [0.05, 0.1) is 0 Å². The van der Waals surface area contributed by atoms with Gasteiger partial charge in [-0.1, -0.05) is 18.2 Å². The molecule has 2 amide bonds. The minimum atomic E-state index is -0.793. The first-order chi connectivity index (χ1) is 9.66. The highest BCUT2D eigenvalue weighted by Crippen LogP contribution is 2.09. The fraction of sp³-hybridized carbons (Fsp3) is 0.429. The number of benzene rings is 1. The number of hydrogen-bond donors (Lipinski definition) is 1. The van der Waals surface area contributed by atoms with Gasteiger partial charge >= 0.3 is 12.2 Å². The SMILES string of the molecule is O=C(NCCc1ccccc1F)OC(=O)N1CCCC1. The minimum absolute atomic E-state index is 0.215. The molecule has 1 aromatic carbocycles. The molecule has 0 atom stereocenters. The van der Waals surface area contributed by atoms with E-state index in [2.05, 4.69) is 10.1 Å². The lowest BCUT2D eigenvalue weighted by Crippen LogP contribution is -2.35. The fourth-order valence-electron chi connectivity index (χ4n) is 2.08. The Labute approximate surface area is 116 Å². The number of nitrogens with one attached hydrogen (secondary N) is 1. The predicted octanol–water partition coefficient (Wildman–Crippen LogP) is 2.31. The molecule has 0 spiro atoms. The Kier molecular flexibility index (Phi) is 4.92. The van der Waals surface area contributed by atoms with Crippen molar-refractivity contribution in [1.82, 2.24) is 10.2 Å². The number of carbonyl (C=O) groups is 2. The van der Waals surface area contributed by atoms with Crippen LogP contribution in [-0.2, 0) is 11.2 Å². The van der Waals surface area contributed by atoms with Gasteiger partial charge < -0.3 is 15.0 Å². The molecular weight excluding hydrogens is 263 g/mol. The standard InChI is InChI=1S/C14H17FN2O3/c15-12-6-2-1-5-11(12)7-8-16-13(18)20-14(19)17-9-3-4-10-17/h1-2,5-6H,3-4,7-10H2,(H,16,18). The summed E-state index contributed by atoms with van der Waals surface area (Å²) in [5, 5.41) is 2.44. The topological polar surface area (TPSA) is 58.6 Å². The lowest BCUT2D eigenvalue weighted by Gasteiger charge is -2.14. The monoisotopic (exact) mass is 280 g/mol. The van der Waals surface area contributed by atoms with Gasteiger partial charge in [0.15, 0.2) is 0 Å². The van der Waals surface area contributed by atoms with Crippen molar-refractivity contribution < 1.29 is 18.7 Å². The van der Waals surface area contributed by atoms with E-state index in [0.29, 0.717) is 25.1 Å². The second kappa shape index (κ2) is 6.88. The second-order valence-corrected chi connectivity index (χ2v) is 4.62. The quantitative estimate of drug-likeness (QED) is 0.864. The lowest BCUT2D eigenvalue weighted by atomic mass is 10.1. The Bertz CT molecular complexity index is 487. The smallest absolute Gasteiger partial charge is 0.359 e. The molecule has 1 heterocycles. The van der Waals surface area contributed by atoms with Crippen molar-refractivity contribution in [1.29, 1.82) is 0 Å². The minimum Gasteiger partial charge on any atom is -0.359 e. The van der Waals surface area contributed by atoms with Gasteiger partial charge in [0.2, 0.25) is 0 Å². The van der Waals surface area contributed by atoms with Gasteiger partial charge in [-0.3, -0.25) is 0 Å². The zero-order valence-electron chi connectivity index (χ0n) is 11.1. The van der Waals surface area contributed by atoms with Gasteiger partial charge in [-0.2, -0.15) is 0 Å². The molecule has 0 aliphatic carbocycles. The van der Waals surface area contributed by atoms with Crippen molar-refractivity contribution >= 4 is 12.2 Å². The number of likely N-dealkylation sites (tertiary alicyclic amines) is 1. The zero-order valence-corrected chi connectivity index (χ0v) is 11.1. The molecule has 1 aliphatic heterocycles. The molecule has 108 valence electrons. The largest absolute Gasteiger partial charge is 0.418 e. The third kappa shape index (κ3) is 3.94. The Morgan fingerprint density at radius 1 is 1.25 bits per heavy atom. The first-order valence-electron chi connectivity index (χ1n) is 6.65. The summed E-state index contributed by atoms with van der Waals surface area (Å²) in [5.41, 5.74) is 0.513. The van der Waals surface area contributed by atoms with Gasteiger partial charge in [0.1, 0.15) is 5.82 Å². The Morgan fingerprint density at radius 3 is 2.65 bits per heavy atom. The van der Waals surface area contributed by atoms with E-state index in [9.17, 15) is 14.0 Å². The van der Waals surface area contributed by atoms with E-state index in [1.165, 1.54) is 11.0 Å². The summed E-state index contributed by atoms with van der Waals surface area (Å²) >= 11 is 0. The summed E-state index contributed by atoms with van der Waals surface area (Å²) < 4.78 is 18.0. The van der Waals surface area contributed by atoms with E-state index in [0.717, 1.165) is 12.8 Å². The third-order valence-corrected chi connectivity index (χ3v) is 3.17. The van der Waals surface area contributed by atoms with Gasteiger partial charge in [0.25, 0.3) is 0 Å². The highest BCUT2D eigenvalue weighted by atomic mass is 19.1. The number of nitrogens with zero attached hydrogens (tertiary/aromatic N) is 1. The van der Waals surface area contributed by atoms with Gasteiger partial charge in [-0.25, -0.2) is 14.0 Å². The van der Waals surface area contributed by atoms with Gasteiger partial charge in [-0.15, -0.1) is 0 Å². The molecule has 0 unspecified atom stereocenters. The first-order valence-corrected chi connectivity index (χ1v) is 6.65. The van der Waals surface area contributed by atoms with Crippen LogP contribution < -0.4 is 5.32 Å². The highest BCUT2D eigenvalue weighted by Gasteiger charge is 2.21. The Morgan fingerprint density at radius 2 is 1.95 bits per heavy atom. The highest BCUT2D eigenvalue weighted by molar-refractivity contribution is 5.83. The van der Waals surface area contributed by atoms with Crippen molar-refractivity contribution in [2.75, 3.05) is 19.6 Å². The number of amides is 2. The number of halogens is 1. The molecule has 2 rings (SSSR count). The predicted molar refractivity (Wildman–Crippen MR) is 70.8 cm³/mol. The van der Waals surface area contributed by atoms with Crippen LogP contribution in [0.5, 0.6) is 0 Å². The summed E-state index contributed by atoms with van der Waals surface area (Å²) in [7, 11) is 0. The molecule has 0 radical (unpaired) electrons. The van der Waals surface area contributed by atoms with Crippen LogP contribution >= 0.6 is 0 Å². The number of rotatable bonds is 3. The molecule has 1 saturated heterocycles. The summed E-state index contributed by atoms with van der Waals surface area (Å²) in [4.78, 5) is 24.4. The average Bonchev–Trinajstić information content (AvgIpc) is 2.95. The summed E-state index contributed by atoms with van der Waals surface area (Å²) in [5.74, 6) is -0.309.